The molecule has 4 nitrogen and oxygen atoms in total. The molecule has 7 heteroatoms. The second-order valence-electron chi connectivity index (χ2n) is 4.84. The Balaban J connectivity index is 3.09. The van der Waals surface area contributed by atoms with E-state index >= 15 is 0 Å². The van der Waals surface area contributed by atoms with Gasteiger partial charge in [-0.05, 0) is 19.8 Å². The van der Waals surface area contributed by atoms with Crippen LogP contribution in [0.3, 0.4) is 0 Å². The molecule has 0 unspecified atom stereocenters. The van der Waals surface area contributed by atoms with E-state index in [1.54, 1.807) is 6.07 Å². The molecule has 0 aliphatic rings. The zero-order valence-electron chi connectivity index (χ0n) is 12.8. The first-order valence-electron chi connectivity index (χ1n) is 7.33. The highest BCUT2D eigenvalue weighted by atomic mass is 19.4. The van der Waals surface area contributed by atoms with Crippen molar-refractivity contribution in [3.63, 3.8) is 0 Å². The molecule has 0 fully saturated rings. The Morgan fingerprint density at radius 3 is 2.38 bits per heavy atom. The minimum atomic E-state index is -4.25. The van der Waals surface area contributed by atoms with Gasteiger partial charge in [0.05, 0.1) is 0 Å². The fraction of sp³-hybridized carbons (Fsp3) is 0.714. The summed E-state index contributed by atoms with van der Waals surface area (Å²) in [5, 5.41) is 3.05. The van der Waals surface area contributed by atoms with Gasteiger partial charge < -0.3 is 10.2 Å². The summed E-state index contributed by atoms with van der Waals surface area (Å²) in [4.78, 5) is 9.87. The van der Waals surface area contributed by atoms with E-state index in [0.29, 0.717) is 43.4 Å². The van der Waals surface area contributed by atoms with Gasteiger partial charge in [-0.25, -0.2) is 9.97 Å². The molecule has 0 aliphatic heterocycles. The van der Waals surface area contributed by atoms with Crippen molar-refractivity contribution in [2.45, 2.75) is 46.2 Å². The average Bonchev–Trinajstić information content (AvgIpc) is 2.37. The van der Waals surface area contributed by atoms with Crippen LogP contribution in [0, 0.1) is 0 Å². The van der Waals surface area contributed by atoms with E-state index in [4.69, 9.17) is 0 Å². The van der Waals surface area contributed by atoms with Gasteiger partial charge in [-0.2, -0.15) is 13.2 Å². The molecule has 0 saturated carbocycles. The molecule has 0 atom stereocenters. The van der Waals surface area contributed by atoms with Crippen molar-refractivity contribution in [1.29, 1.82) is 0 Å². The van der Waals surface area contributed by atoms with Crippen LogP contribution in [0.5, 0.6) is 0 Å². The van der Waals surface area contributed by atoms with Crippen LogP contribution in [-0.2, 0) is 6.42 Å². The molecule has 1 heterocycles. The zero-order chi connectivity index (χ0) is 15.9. The number of anilines is 2. The maximum absolute atomic E-state index is 12.7. The number of hydrogen-bond donors (Lipinski definition) is 1. The van der Waals surface area contributed by atoms with Gasteiger partial charge in [-0.15, -0.1) is 0 Å². The summed E-state index contributed by atoms with van der Waals surface area (Å²) in [6.07, 6.45) is -2.12. The first-order chi connectivity index (χ1) is 9.89. The van der Waals surface area contributed by atoms with Crippen LogP contribution in [0.15, 0.2) is 6.07 Å². The highest BCUT2D eigenvalue weighted by Gasteiger charge is 2.31. The number of alkyl halides is 3. The molecule has 0 spiro atoms. The van der Waals surface area contributed by atoms with Crippen LogP contribution in [0.2, 0.25) is 0 Å². The largest absolute Gasteiger partial charge is 0.405 e. The van der Waals surface area contributed by atoms with E-state index in [1.165, 1.54) is 4.90 Å². The summed E-state index contributed by atoms with van der Waals surface area (Å²) in [5.41, 5.74) is 0. The van der Waals surface area contributed by atoms with Gasteiger partial charge >= 0.3 is 6.18 Å². The highest BCUT2D eigenvalue weighted by molar-refractivity contribution is 5.49. The third-order valence-electron chi connectivity index (χ3n) is 2.78. The van der Waals surface area contributed by atoms with E-state index < -0.39 is 12.7 Å². The highest BCUT2D eigenvalue weighted by Crippen LogP contribution is 2.23. The lowest BCUT2D eigenvalue weighted by Gasteiger charge is -2.25. The predicted octanol–water partition coefficient (Wildman–Crippen LogP) is 3.64. The fourth-order valence-corrected chi connectivity index (χ4v) is 2.01. The minimum Gasteiger partial charge on any atom is -0.370 e. The maximum Gasteiger partial charge on any atom is 0.405 e. The Morgan fingerprint density at radius 1 is 1.14 bits per heavy atom. The summed E-state index contributed by atoms with van der Waals surface area (Å²) < 4.78 is 38.1. The van der Waals surface area contributed by atoms with Gasteiger partial charge in [0, 0.05) is 25.6 Å². The van der Waals surface area contributed by atoms with Gasteiger partial charge in [0.25, 0.3) is 0 Å². The van der Waals surface area contributed by atoms with Crippen molar-refractivity contribution >= 4 is 11.6 Å². The third kappa shape index (κ3) is 6.18. The average molecular weight is 304 g/mol. The third-order valence-corrected chi connectivity index (χ3v) is 2.78. The van der Waals surface area contributed by atoms with Gasteiger partial charge in [0.2, 0.25) is 0 Å². The van der Waals surface area contributed by atoms with Crippen molar-refractivity contribution in [3.05, 3.63) is 11.9 Å². The van der Waals surface area contributed by atoms with Gasteiger partial charge in [0.15, 0.2) is 0 Å². The Bertz CT molecular complexity index is 410. The summed E-state index contributed by atoms with van der Waals surface area (Å²) in [6.45, 7) is 5.74. The molecular formula is C14H23F3N4. The molecule has 1 aromatic rings. The van der Waals surface area contributed by atoms with Crippen molar-refractivity contribution in [3.8, 4) is 0 Å². The zero-order valence-corrected chi connectivity index (χ0v) is 12.8. The van der Waals surface area contributed by atoms with Crippen LogP contribution < -0.4 is 10.2 Å². The van der Waals surface area contributed by atoms with E-state index in [0.717, 1.165) is 6.42 Å². The molecule has 0 bridgehead atoms. The number of nitrogens with one attached hydrogen (secondary N) is 1. The Morgan fingerprint density at radius 2 is 1.86 bits per heavy atom. The van der Waals surface area contributed by atoms with Gasteiger partial charge in [-0.3, -0.25) is 0 Å². The molecule has 0 amide bonds. The summed E-state index contributed by atoms with van der Waals surface area (Å²) in [7, 11) is 0. The quantitative estimate of drug-likeness (QED) is 0.796. The SMILES string of the molecule is CCCc1nc(NCC)cc(N(CCC)CC(F)(F)F)n1. The van der Waals surface area contributed by atoms with Crippen LogP contribution in [0.1, 0.15) is 39.4 Å². The second-order valence-corrected chi connectivity index (χ2v) is 4.84. The normalized spacial score (nSPS) is 11.5. The molecule has 120 valence electrons. The lowest BCUT2D eigenvalue weighted by Crippen LogP contribution is -2.35. The Kier molecular flexibility index (Phi) is 6.71. The lowest BCUT2D eigenvalue weighted by atomic mass is 10.3. The van der Waals surface area contributed by atoms with Crippen molar-refractivity contribution in [2.75, 3.05) is 29.9 Å². The number of aryl methyl sites for hydroxylation is 1. The number of aromatic nitrogens is 2. The lowest BCUT2D eigenvalue weighted by molar-refractivity contribution is -0.119. The van der Waals surface area contributed by atoms with Crippen LogP contribution >= 0.6 is 0 Å². The fourth-order valence-electron chi connectivity index (χ4n) is 2.01. The number of halogens is 3. The Labute approximate surface area is 123 Å². The van der Waals surface area contributed by atoms with Gasteiger partial charge in [-0.1, -0.05) is 13.8 Å². The molecule has 1 aromatic heterocycles. The molecular weight excluding hydrogens is 281 g/mol. The molecule has 0 aromatic carbocycles. The topological polar surface area (TPSA) is 41.1 Å². The molecule has 1 N–H and O–H groups in total. The summed E-state index contributed by atoms with van der Waals surface area (Å²) in [5.74, 6) is 1.49. The van der Waals surface area contributed by atoms with Crippen LogP contribution in [0.4, 0.5) is 24.8 Å². The summed E-state index contributed by atoms with van der Waals surface area (Å²) in [6, 6.07) is 1.59. The van der Waals surface area contributed by atoms with E-state index in [1.807, 2.05) is 20.8 Å². The molecule has 1 rings (SSSR count). The van der Waals surface area contributed by atoms with Crippen molar-refractivity contribution in [2.24, 2.45) is 0 Å². The van der Waals surface area contributed by atoms with Crippen molar-refractivity contribution < 1.29 is 13.2 Å². The van der Waals surface area contributed by atoms with E-state index in [2.05, 4.69) is 15.3 Å². The molecule has 0 radical (unpaired) electrons. The predicted molar refractivity (Wildman–Crippen MR) is 78.7 cm³/mol. The minimum absolute atomic E-state index is 0.313. The van der Waals surface area contributed by atoms with E-state index in [9.17, 15) is 13.2 Å². The molecule has 21 heavy (non-hydrogen) atoms. The maximum atomic E-state index is 12.7. The summed E-state index contributed by atoms with van der Waals surface area (Å²) >= 11 is 0. The van der Waals surface area contributed by atoms with Crippen LogP contribution in [-0.4, -0.2) is 35.8 Å². The monoisotopic (exact) mass is 304 g/mol. The second kappa shape index (κ2) is 8.05. The number of nitrogens with zero attached hydrogens (tertiary/aromatic N) is 3. The van der Waals surface area contributed by atoms with E-state index in [-0.39, 0.29) is 0 Å². The first-order valence-corrected chi connectivity index (χ1v) is 7.33. The molecule has 0 aliphatic carbocycles. The van der Waals surface area contributed by atoms with Crippen LogP contribution in [0.25, 0.3) is 0 Å². The van der Waals surface area contributed by atoms with Gasteiger partial charge in [0.1, 0.15) is 24.0 Å². The molecule has 0 saturated heterocycles. The smallest absolute Gasteiger partial charge is 0.370 e. The number of rotatable bonds is 8. The first kappa shape index (κ1) is 17.5. The van der Waals surface area contributed by atoms with Crippen molar-refractivity contribution in [1.82, 2.24) is 9.97 Å². The number of hydrogen-bond acceptors (Lipinski definition) is 4. The standard InChI is InChI=1S/C14H23F3N4/c1-4-7-11-19-12(18-6-3)9-13(20-11)21(8-5-2)10-14(15,16)17/h9H,4-8,10H2,1-3H3,(H,18,19,20). The Hall–Kier alpha value is -1.53.